The Bertz CT molecular complexity index is 702. The summed E-state index contributed by atoms with van der Waals surface area (Å²) in [5, 5.41) is 3.94. The van der Waals surface area contributed by atoms with E-state index in [1.165, 1.54) is 0 Å². The summed E-state index contributed by atoms with van der Waals surface area (Å²) < 4.78 is 0.956. The largest absolute Gasteiger partial charge is 0.348 e. The van der Waals surface area contributed by atoms with E-state index in [1.54, 1.807) is 0 Å². The Kier molecular flexibility index (Phi) is 7.27. The molecular formula is C16H20BrCl2N3O. The minimum Gasteiger partial charge on any atom is -0.348 e. The highest BCUT2D eigenvalue weighted by Crippen LogP contribution is 2.32. The molecule has 4 nitrogen and oxygen atoms in total. The maximum atomic E-state index is 12.6. The highest BCUT2D eigenvalue weighted by atomic mass is 79.9. The molecule has 3 N–H and O–H groups in total. The number of halogens is 3. The molecule has 0 saturated heterocycles. The quantitative estimate of drug-likeness (QED) is 0.793. The summed E-state index contributed by atoms with van der Waals surface area (Å²) in [6.07, 6.45) is 2.32. The molecule has 23 heavy (non-hydrogen) atoms. The normalized spacial score (nSPS) is 14.6. The van der Waals surface area contributed by atoms with E-state index in [0.717, 1.165) is 33.9 Å². The second-order valence-corrected chi connectivity index (χ2v) is 6.54. The highest BCUT2D eigenvalue weighted by molar-refractivity contribution is 9.10. The predicted molar refractivity (Wildman–Crippen MR) is 102 cm³/mol. The van der Waals surface area contributed by atoms with Crippen LogP contribution in [0.15, 0.2) is 28.7 Å². The maximum Gasteiger partial charge on any atom is 0.252 e. The van der Waals surface area contributed by atoms with Crippen molar-refractivity contribution in [2.75, 3.05) is 6.54 Å². The molecule has 1 aliphatic rings. The van der Waals surface area contributed by atoms with Crippen LogP contribution in [0.4, 0.5) is 0 Å². The fourth-order valence-corrected chi connectivity index (χ4v) is 2.98. The molecule has 1 heterocycles. The molecule has 2 aromatic rings. The second kappa shape index (κ2) is 8.29. The van der Waals surface area contributed by atoms with Crippen LogP contribution in [-0.4, -0.2) is 23.5 Å². The average molecular weight is 421 g/mol. The molecule has 0 aliphatic heterocycles. The van der Waals surface area contributed by atoms with Gasteiger partial charge in [-0.1, -0.05) is 22.0 Å². The van der Waals surface area contributed by atoms with Crippen molar-refractivity contribution in [2.45, 2.75) is 25.8 Å². The van der Waals surface area contributed by atoms with E-state index in [9.17, 15) is 4.79 Å². The van der Waals surface area contributed by atoms with E-state index in [0.29, 0.717) is 18.0 Å². The van der Waals surface area contributed by atoms with Crippen molar-refractivity contribution in [3.8, 4) is 0 Å². The Morgan fingerprint density at radius 3 is 2.70 bits per heavy atom. The molecule has 7 heteroatoms. The van der Waals surface area contributed by atoms with Crippen LogP contribution in [0.3, 0.4) is 0 Å². The smallest absolute Gasteiger partial charge is 0.252 e. The number of aryl methyl sites for hydroxylation is 1. The predicted octanol–water partition coefficient (Wildman–Crippen LogP) is 3.62. The lowest BCUT2D eigenvalue weighted by Gasteiger charge is -2.17. The van der Waals surface area contributed by atoms with Gasteiger partial charge < -0.3 is 11.1 Å². The number of nitrogens with zero attached hydrogens (tertiary/aromatic N) is 1. The van der Waals surface area contributed by atoms with Crippen molar-refractivity contribution in [1.29, 1.82) is 0 Å². The van der Waals surface area contributed by atoms with Crippen molar-refractivity contribution >= 4 is 57.6 Å². The van der Waals surface area contributed by atoms with Gasteiger partial charge in [0.15, 0.2) is 0 Å². The molecule has 126 valence electrons. The Morgan fingerprint density at radius 2 is 2.09 bits per heavy atom. The van der Waals surface area contributed by atoms with Gasteiger partial charge in [0.1, 0.15) is 0 Å². The van der Waals surface area contributed by atoms with Gasteiger partial charge in [-0.2, -0.15) is 0 Å². The third kappa shape index (κ3) is 4.57. The number of aromatic nitrogens is 1. The van der Waals surface area contributed by atoms with Crippen molar-refractivity contribution in [1.82, 2.24) is 10.3 Å². The van der Waals surface area contributed by atoms with Gasteiger partial charge in [0.05, 0.1) is 11.1 Å². The van der Waals surface area contributed by atoms with E-state index in [-0.39, 0.29) is 36.8 Å². The van der Waals surface area contributed by atoms with Crippen LogP contribution in [0.2, 0.25) is 0 Å². The number of pyridine rings is 1. The lowest BCUT2D eigenvalue weighted by atomic mass is 10.1. The van der Waals surface area contributed by atoms with E-state index < -0.39 is 0 Å². The first-order chi connectivity index (χ1) is 10.1. The minimum atomic E-state index is -0.0600. The Balaban J connectivity index is 0.00000132. The summed E-state index contributed by atoms with van der Waals surface area (Å²) in [4.78, 5) is 17.1. The van der Waals surface area contributed by atoms with Crippen molar-refractivity contribution < 1.29 is 4.79 Å². The first kappa shape index (κ1) is 20.2. The van der Waals surface area contributed by atoms with Gasteiger partial charge in [-0.3, -0.25) is 9.78 Å². The van der Waals surface area contributed by atoms with E-state index in [4.69, 9.17) is 5.73 Å². The summed E-state index contributed by atoms with van der Waals surface area (Å²) in [5.74, 6) is 0.484. The third-order valence-electron chi connectivity index (χ3n) is 3.91. The number of rotatable bonds is 4. The summed E-state index contributed by atoms with van der Waals surface area (Å²) in [5.41, 5.74) is 8.10. The number of fused-ring (bicyclic) bond motifs is 1. The van der Waals surface area contributed by atoms with Gasteiger partial charge in [-0.15, -0.1) is 24.8 Å². The van der Waals surface area contributed by atoms with Gasteiger partial charge in [-0.25, -0.2) is 0 Å². The number of hydrogen-bond donors (Lipinski definition) is 2. The molecule has 1 saturated carbocycles. The number of carbonyl (C=O) groups is 1. The molecule has 3 rings (SSSR count). The highest BCUT2D eigenvalue weighted by Gasteiger charge is 2.31. The zero-order chi connectivity index (χ0) is 15.0. The summed E-state index contributed by atoms with van der Waals surface area (Å²) in [6.45, 7) is 2.39. The van der Waals surface area contributed by atoms with Crippen molar-refractivity contribution in [3.63, 3.8) is 0 Å². The number of amides is 1. The molecule has 0 spiro atoms. The average Bonchev–Trinajstić information content (AvgIpc) is 3.27. The Labute approximate surface area is 156 Å². The fourth-order valence-electron chi connectivity index (χ4n) is 2.64. The van der Waals surface area contributed by atoms with Crippen molar-refractivity contribution in [2.24, 2.45) is 11.7 Å². The second-order valence-electron chi connectivity index (χ2n) is 5.63. The number of nitrogens with two attached hydrogens (primary N) is 1. The molecule has 0 radical (unpaired) electrons. The van der Waals surface area contributed by atoms with Gasteiger partial charge in [-0.05, 0) is 43.9 Å². The summed E-state index contributed by atoms with van der Waals surface area (Å²) >= 11 is 3.44. The van der Waals surface area contributed by atoms with Crippen LogP contribution in [0.1, 0.15) is 28.9 Å². The molecule has 1 fully saturated rings. The number of nitrogens with one attached hydrogen (secondary N) is 1. The van der Waals surface area contributed by atoms with Gasteiger partial charge in [0.2, 0.25) is 0 Å². The standard InChI is InChI=1S/C16H18BrN3O.2ClH/c1-9-6-13(12-5-4-11(17)7-14(12)19-9)16(21)20-15(8-18)10-2-3-10;;/h4-7,10,15H,2-3,8,18H2,1H3,(H,20,21);2*1H. The number of hydrogen-bond acceptors (Lipinski definition) is 3. The summed E-state index contributed by atoms with van der Waals surface area (Å²) in [6, 6.07) is 7.70. The zero-order valence-electron chi connectivity index (χ0n) is 12.7. The topological polar surface area (TPSA) is 68.0 Å². The molecule has 1 aromatic carbocycles. The molecule has 1 aromatic heterocycles. The first-order valence-corrected chi connectivity index (χ1v) is 7.95. The lowest BCUT2D eigenvalue weighted by molar-refractivity contribution is 0.0935. The van der Waals surface area contributed by atoms with E-state index in [1.807, 2.05) is 31.2 Å². The molecular weight excluding hydrogens is 401 g/mol. The molecule has 1 unspecified atom stereocenters. The maximum absolute atomic E-state index is 12.6. The van der Waals surface area contributed by atoms with Crippen LogP contribution in [0, 0.1) is 12.8 Å². The summed E-state index contributed by atoms with van der Waals surface area (Å²) in [7, 11) is 0. The van der Waals surface area contributed by atoms with E-state index >= 15 is 0 Å². The third-order valence-corrected chi connectivity index (χ3v) is 4.40. The first-order valence-electron chi connectivity index (χ1n) is 7.16. The minimum absolute atomic E-state index is 0. The van der Waals surface area contributed by atoms with Gasteiger partial charge >= 0.3 is 0 Å². The van der Waals surface area contributed by atoms with Crippen LogP contribution < -0.4 is 11.1 Å². The van der Waals surface area contributed by atoms with E-state index in [2.05, 4.69) is 26.2 Å². The van der Waals surface area contributed by atoms with Gasteiger partial charge in [0.25, 0.3) is 5.91 Å². The number of carbonyl (C=O) groups excluding carboxylic acids is 1. The molecule has 1 atom stereocenters. The van der Waals surface area contributed by atoms with Crippen LogP contribution in [-0.2, 0) is 0 Å². The molecule has 1 aliphatic carbocycles. The Morgan fingerprint density at radius 1 is 1.39 bits per heavy atom. The molecule has 0 bridgehead atoms. The SMILES string of the molecule is Cc1cc(C(=O)NC(CN)C2CC2)c2ccc(Br)cc2n1.Cl.Cl. The fraction of sp³-hybridized carbons (Fsp3) is 0.375. The van der Waals surface area contributed by atoms with Crippen LogP contribution in [0.25, 0.3) is 10.9 Å². The van der Waals surface area contributed by atoms with Crippen LogP contribution >= 0.6 is 40.7 Å². The monoisotopic (exact) mass is 419 g/mol. The van der Waals surface area contributed by atoms with Gasteiger partial charge in [0, 0.05) is 28.1 Å². The zero-order valence-corrected chi connectivity index (χ0v) is 15.9. The van der Waals surface area contributed by atoms with Crippen LogP contribution in [0.5, 0.6) is 0 Å². The Hall–Kier alpha value is -0.880. The van der Waals surface area contributed by atoms with Crippen molar-refractivity contribution in [3.05, 3.63) is 40.0 Å². The lowest BCUT2D eigenvalue weighted by Crippen LogP contribution is -2.41. The molecule has 1 amide bonds. The number of benzene rings is 1.